The van der Waals surface area contributed by atoms with Crippen LogP contribution in [-0.2, 0) is 20.7 Å². The first kappa shape index (κ1) is 20.0. The molecule has 1 aliphatic rings. The standard InChI is InChI=1S/C21H22ClNO5/c1-12-4-6-19(26-3)17(8-12)23-20(24)13(2)28-21(25)15-9-14-10-16(22)5-7-18(14)27-11-15/h4-8,10,13,15H,9,11H2,1-3H3,(H,23,24)/t13-,15-/m1/s1. The lowest BCUT2D eigenvalue weighted by Crippen LogP contribution is -2.36. The van der Waals surface area contributed by atoms with Gasteiger partial charge in [0.05, 0.1) is 18.7 Å². The molecular formula is C21H22ClNO5. The summed E-state index contributed by atoms with van der Waals surface area (Å²) in [5.74, 6) is -0.158. The third-order valence-electron chi connectivity index (χ3n) is 4.54. The van der Waals surface area contributed by atoms with Gasteiger partial charge in [0, 0.05) is 5.02 Å². The van der Waals surface area contributed by atoms with E-state index < -0.39 is 23.9 Å². The smallest absolute Gasteiger partial charge is 0.313 e. The van der Waals surface area contributed by atoms with Crippen molar-refractivity contribution in [2.24, 2.45) is 5.92 Å². The molecule has 1 heterocycles. The fourth-order valence-corrected chi connectivity index (χ4v) is 3.19. The van der Waals surface area contributed by atoms with Gasteiger partial charge in [0.25, 0.3) is 5.91 Å². The van der Waals surface area contributed by atoms with Crippen LogP contribution in [0.15, 0.2) is 36.4 Å². The molecule has 7 heteroatoms. The number of halogens is 1. The van der Waals surface area contributed by atoms with Crippen LogP contribution in [0.5, 0.6) is 11.5 Å². The minimum Gasteiger partial charge on any atom is -0.495 e. The van der Waals surface area contributed by atoms with Crippen LogP contribution in [-0.4, -0.2) is 31.7 Å². The van der Waals surface area contributed by atoms with Gasteiger partial charge in [-0.3, -0.25) is 9.59 Å². The molecule has 0 spiro atoms. The van der Waals surface area contributed by atoms with Crippen molar-refractivity contribution < 1.29 is 23.8 Å². The van der Waals surface area contributed by atoms with Crippen molar-refractivity contribution in [1.29, 1.82) is 0 Å². The molecule has 0 aliphatic carbocycles. The maximum atomic E-state index is 12.5. The molecule has 0 fully saturated rings. The van der Waals surface area contributed by atoms with Gasteiger partial charge in [-0.05, 0) is 61.7 Å². The zero-order valence-electron chi connectivity index (χ0n) is 16.0. The SMILES string of the molecule is COc1ccc(C)cc1NC(=O)[C@@H](C)OC(=O)[C@H]1COc2ccc(Cl)cc2C1. The second-order valence-corrected chi connectivity index (χ2v) is 7.17. The molecule has 0 bridgehead atoms. The molecule has 1 amide bonds. The second kappa shape index (κ2) is 8.52. The van der Waals surface area contributed by atoms with Gasteiger partial charge < -0.3 is 19.5 Å². The number of benzene rings is 2. The zero-order valence-corrected chi connectivity index (χ0v) is 16.7. The number of aryl methyl sites for hydroxylation is 1. The number of rotatable bonds is 5. The normalized spacial score (nSPS) is 16.4. The van der Waals surface area contributed by atoms with E-state index >= 15 is 0 Å². The van der Waals surface area contributed by atoms with Crippen molar-refractivity contribution >= 4 is 29.2 Å². The summed E-state index contributed by atoms with van der Waals surface area (Å²) in [6.45, 7) is 3.64. The minimum atomic E-state index is -0.960. The van der Waals surface area contributed by atoms with Gasteiger partial charge in [-0.2, -0.15) is 0 Å². The number of fused-ring (bicyclic) bond motifs is 1. The van der Waals surface area contributed by atoms with Gasteiger partial charge in [0.2, 0.25) is 0 Å². The summed E-state index contributed by atoms with van der Waals surface area (Å²) in [6, 6.07) is 10.7. The molecule has 1 N–H and O–H groups in total. The first-order valence-corrected chi connectivity index (χ1v) is 9.32. The molecule has 6 nitrogen and oxygen atoms in total. The highest BCUT2D eigenvalue weighted by Crippen LogP contribution is 2.30. The van der Waals surface area contributed by atoms with Crippen LogP contribution in [0, 0.1) is 12.8 Å². The summed E-state index contributed by atoms with van der Waals surface area (Å²) in [5.41, 5.74) is 2.35. The topological polar surface area (TPSA) is 73.9 Å². The Balaban J connectivity index is 1.61. The van der Waals surface area contributed by atoms with E-state index in [9.17, 15) is 9.59 Å². The lowest BCUT2D eigenvalue weighted by Gasteiger charge is -2.25. The van der Waals surface area contributed by atoms with Gasteiger partial charge in [-0.1, -0.05) is 17.7 Å². The van der Waals surface area contributed by atoms with Crippen molar-refractivity contribution in [3.8, 4) is 11.5 Å². The molecule has 0 radical (unpaired) electrons. The van der Waals surface area contributed by atoms with E-state index in [1.54, 1.807) is 30.3 Å². The number of esters is 1. The summed E-state index contributed by atoms with van der Waals surface area (Å²) in [6.07, 6.45) is -0.507. The van der Waals surface area contributed by atoms with E-state index in [0.29, 0.717) is 28.6 Å². The molecular weight excluding hydrogens is 382 g/mol. The lowest BCUT2D eigenvalue weighted by atomic mass is 9.97. The molecule has 1 aliphatic heterocycles. The summed E-state index contributed by atoms with van der Waals surface area (Å²) in [5, 5.41) is 3.32. The molecule has 2 aromatic carbocycles. The van der Waals surface area contributed by atoms with E-state index in [0.717, 1.165) is 11.1 Å². The Morgan fingerprint density at radius 2 is 2.04 bits per heavy atom. The van der Waals surface area contributed by atoms with Crippen LogP contribution < -0.4 is 14.8 Å². The van der Waals surface area contributed by atoms with E-state index in [1.807, 2.05) is 13.0 Å². The van der Waals surface area contributed by atoms with Crippen LogP contribution in [0.1, 0.15) is 18.1 Å². The third-order valence-corrected chi connectivity index (χ3v) is 4.77. The maximum Gasteiger partial charge on any atom is 0.313 e. The Morgan fingerprint density at radius 3 is 2.79 bits per heavy atom. The number of anilines is 1. The summed E-state index contributed by atoms with van der Waals surface area (Å²) < 4.78 is 16.2. The molecule has 2 aromatic rings. The van der Waals surface area contributed by atoms with Crippen molar-refractivity contribution in [1.82, 2.24) is 0 Å². The van der Waals surface area contributed by atoms with Crippen LogP contribution in [0.4, 0.5) is 5.69 Å². The Kier molecular flexibility index (Phi) is 6.09. The number of amides is 1. The molecule has 0 saturated heterocycles. The highest BCUT2D eigenvalue weighted by Gasteiger charge is 2.30. The van der Waals surface area contributed by atoms with E-state index in [1.165, 1.54) is 14.0 Å². The predicted molar refractivity (Wildman–Crippen MR) is 106 cm³/mol. The number of ether oxygens (including phenoxy) is 3. The minimum absolute atomic E-state index is 0.202. The molecule has 2 atom stereocenters. The largest absolute Gasteiger partial charge is 0.495 e. The van der Waals surface area contributed by atoms with E-state index in [4.69, 9.17) is 25.8 Å². The fourth-order valence-electron chi connectivity index (χ4n) is 2.99. The number of methoxy groups -OCH3 is 1. The van der Waals surface area contributed by atoms with E-state index in [2.05, 4.69) is 5.32 Å². The Morgan fingerprint density at radius 1 is 1.25 bits per heavy atom. The van der Waals surface area contributed by atoms with Gasteiger partial charge in [-0.25, -0.2) is 0 Å². The predicted octanol–water partition coefficient (Wildman–Crippen LogP) is 3.78. The number of nitrogens with one attached hydrogen (secondary N) is 1. The van der Waals surface area contributed by atoms with Crippen molar-refractivity contribution in [2.75, 3.05) is 19.0 Å². The number of carbonyl (C=O) groups is 2. The number of carbonyl (C=O) groups excluding carboxylic acids is 2. The molecule has 28 heavy (non-hydrogen) atoms. The maximum absolute atomic E-state index is 12.5. The Labute approximate surface area is 168 Å². The monoisotopic (exact) mass is 403 g/mol. The molecule has 0 aromatic heterocycles. The van der Waals surface area contributed by atoms with Gasteiger partial charge in [-0.15, -0.1) is 0 Å². The van der Waals surface area contributed by atoms with Gasteiger partial charge in [0.15, 0.2) is 6.10 Å². The number of hydrogen-bond donors (Lipinski definition) is 1. The molecule has 0 unspecified atom stereocenters. The van der Waals surface area contributed by atoms with Gasteiger partial charge in [0.1, 0.15) is 18.1 Å². The first-order chi connectivity index (χ1) is 13.4. The Hall–Kier alpha value is -2.73. The van der Waals surface area contributed by atoms with Crippen molar-refractivity contribution in [3.05, 3.63) is 52.5 Å². The molecule has 148 valence electrons. The van der Waals surface area contributed by atoms with Gasteiger partial charge >= 0.3 is 5.97 Å². The Bertz CT molecular complexity index is 898. The van der Waals surface area contributed by atoms with Crippen LogP contribution in [0.2, 0.25) is 5.02 Å². The van der Waals surface area contributed by atoms with E-state index in [-0.39, 0.29) is 6.61 Å². The first-order valence-electron chi connectivity index (χ1n) is 8.94. The van der Waals surface area contributed by atoms with Crippen LogP contribution >= 0.6 is 11.6 Å². The van der Waals surface area contributed by atoms with Crippen molar-refractivity contribution in [3.63, 3.8) is 0 Å². The second-order valence-electron chi connectivity index (χ2n) is 6.74. The molecule has 3 rings (SSSR count). The summed E-state index contributed by atoms with van der Waals surface area (Å²) in [4.78, 5) is 25.0. The zero-order chi connectivity index (χ0) is 20.3. The average Bonchev–Trinajstić information content (AvgIpc) is 2.67. The molecule has 0 saturated carbocycles. The van der Waals surface area contributed by atoms with Crippen molar-refractivity contribution in [2.45, 2.75) is 26.4 Å². The highest BCUT2D eigenvalue weighted by atomic mass is 35.5. The summed E-state index contributed by atoms with van der Waals surface area (Å²) in [7, 11) is 1.52. The summed E-state index contributed by atoms with van der Waals surface area (Å²) >= 11 is 6.01. The third kappa shape index (κ3) is 4.57. The fraction of sp³-hybridized carbons (Fsp3) is 0.333. The number of hydrogen-bond acceptors (Lipinski definition) is 5. The quantitative estimate of drug-likeness (QED) is 0.769. The van der Waals surface area contributed by atoms with Crippen LogP contribution in [0.25, 0.3) is 0 Å². The average molecular weight is 404 g/mol. The van der Waals surface area contributed by atoms with Crippen LogP contribution in [0.3, 0.4) is 0 Å². The lowest BCUT2D eigenvalue weighted by molar-refractivity contribution is -0.158. The highest BCUT2D eigenvalue weighted by molar-refractivity contribution is 6.30.